The summed E-state index contributed by atoms with van der Waals surface area (Å²) in [6, 6.07) is 4.57. The number of morpholine rings is 1. The van der Waals surface area contributed by atoms with Crippen LogP contribution in [0.5, 0.6) is 5.75 Å². The molecule has 2 heterocycles. The number of rotatable bonds is 5. The molecule has 3 aliphatic rings. The van der Waals surface area contributed by atoms with Crippen molar-refractivity contribution >= 4 is 27.5 Å². The highest BCUT2D eigenvalue weighted by Gasteiger charge is 2.32. The highest BCUT2D eigenvalue weighted by atomic mass is 32.2. The topological polar surface area (TPSA) is 105 Å². The predicted octanol–water partition coefficient (Wildman–Crippen LogP) is 0.492. The van der Waals surface area contributed by atoms with E-state index >= 15 is 0 Å². The number of nitrogens with one attached hydrogen (secondary N) is 1. The third-order valence-corrected chi connectivity index (χ3v) is 7.40. The number of nitrogens with zero attached hydrogens (tertiary/aromatic N) is 2. The summed E-state index contributed by atoms with van der Waals surface area (Å²) in [5.41, 5.74) is 0.303. The largest absolute Gasteiger partial charge is 0.482 e. The van der Waals surface area contributed by atoms with Crippen LogP contribution in [0.1, 0.15) is 25.7 Å². The maximum Gasteiger partial charge on any atom is 0.265 e. The van der Waals surface area contributed by atoms with Gasteiger partial charge in [-0.1, -0.05) is 12.8 Å². The number of carbonyl (C=O) groups is 2. The summed E-state index contributed by atoms with van der Waals surface area (Å²) in [6.45, 7) is 0.912. The van der Waals surface area contributed by atoms with E-state index in [0.29, 0.717) is 24.7 Å². The molecule has 0 spiro atoms. The number of ether oxygens (including phenoxy) is 2. The smallest absolute Gasteiger partial charge is 0.265 e. The molecule has 0 aromatic heterocycles. The van der Waals surface area contributed by atoms with Crippen molar-refractivity contribution in [2.75, 3.05) is 44.4 Å². The van der Waals surface area contributed by atoms with Crippen molar-refractivity contribution < 1.29 is 27.5 Å². The fourth-order valence-electron chi connectivity index (χ4n) is 3.94. The predicted molar refractivity (Wildman–Crippen MR) is 104 cm³/mol. The molecule has 1 aliphatic carbocycles. The van der Waals surface area contributed by atoms with Crippen LogP contribution in [0, 0.1) is 0 Å². The Bertz CT molecular complexity index is 891. The van der Waals surface area contributed by atoms with Crippen molar-refractivity contribution in [1.82, 2.24) is 9.62 Å². The second-order valence-corrected chi connectivity index (χ2v) is 9.40. The fraction of sp³-hybridized carbons (Fsp3) is 0.579. The summed E-state index contributed by atoms with van der Waals surface area (Å²) in [6.07, 6.45) is 4.07. The van der Waals surface area contributed by atoms with Gasteiger partial charge >= 0.3 is 0 Å². The number of carbonyl (C=O) groups excluding carboxylic acids is 2. The second kappa shape index (κ2) is 8.29. The normalized spacial score (nSPS) is 21.0. The third kappa shape index (κ3) is 4.24. The highest BCUT2D eigenvalue weighted by molar-refractivity contribution is 7.89. The minimum Gasteiger partial charge on any atom is -0.482 e. The van der Waals surface area contributed by atoms with Crippen molar-refractivity contribution in [2.45, 2.75) is 36.6 Å². The fourth-order valence-corrected chi connectivity index (χ4v) is 5.37. The number of fused-ring (bicyclic) bond motifs is 1. The van der Waals surface area contributed by atoms with Gasteiger partial charge in [-0.05, 0) is 31.0 Å². The van der Waals surface area contributed by atoms with Gasteiger partial charge in [0.15, 0.2) is 6.61 Å². The van der Waals surface area contributed by atoms with E-state index in [1.165, 1.54) is 27.4 Å². The SMILES string of the molecule is O=C(CN1C(=O)COc2ccc(S(=O)(=O)N3CCOCC3)cc21)NC1CCCC1. The Morgan fingerprint density at radius 1 is 1.17 bits per heavy atom. The van der Waals surface area contributed by atoms with Gasteiger partial charge in [0.25, 0.3) is 5.91 Å². The van der Waals surface area contributed by atoms with E-state index in [4.69, 9.17) is 9.47 Å². The first-order valence-electron chi connectivity index (χ1n) is 9.89. The Labute approximate surface area is 170 Å². The van der Waals surface area contributed by atoms with Crippen LogP contribution in [0.3, 0.4) is 0 Å². The molecule has 4 rings (SSSR count). The molecule has 2 amide bonds. The minimum atomic E-state index is -3.72. The van der Waals surface area contributed by atoms with Crippen molar-refractivity contribution in [2.24, 2.45) is 0 Å². The van der Waals surface area contributed by atoms with Crippen LogP contribution in [-0.4, -0.2) is 70.0 Å². The molecule has 1 saturated carbocycles. The van der Waals surface area contributed by atoms with Crippen molar-refractivity contribution in [3.05, 3.63) is 18.2 Å². The maximum atomic E-state index is 13.0. The maximum absolute atomic E-state index is 13.0. The molecular formula is C19H25N3O6S. The van der Waals surface area contributed by atoms with Gasteiger partial charge in [0.05, 0.1) is 23.8 Å². The van der Waals surface area contributed by atoms with E-state index in [9.17, 15) is 18.0 Å². The van der Waals surface area contributed by atoms with Gasteiger partial charge in [0.2, 0.25) is 15.9 Å². The molecule has 1 saturated heterocycles. The molecule has 0 atom stereocenters. The molecule has 1 N–H and O–H groups in total. The summed E-state index contributed by atoms with van der Waals surface area (Å²) in [7, 11) is -3.72. The number of sulfonamides is 1. The van der Waals surface area contributed by atoms with Gasteiger partial charge in [-0.25, -0.2) is 8.42 Å². The third-order valence-electron chi connectivity index (χ3n) is 5.50. The molecule has 0 radical (unpaired) electrons. The van der Waals surface area contributed by atoms with Crippen LogP contribution in [0.2, 0.25) is 0 Å². The standard InChI is InChI=1S/C19H25N3O6S/c23-18(20-14-3-1-2-4-14)12-22-16-11-15(5-6-17(16)28-13-19(22)24)29(25,26)21-7-9-27-10-8-21/h5-6,11,14H,1-4,7-10,12-13H2,(H,20,23). The average molecular weight is 423 g/mol. The van der Waals surface area contributed by atoms with Crippen LogP contribution >= 0.6 is 0 Å². The molecule has 10 heteroatoms. The van der Waals surface area contributed by atoms with E-state index < -0.39 is 10.0 Å². The lowest BCUT2D eigenvalue weighted by molar-refractivity contribution is -0.125. The zero-order valence-corrected chi connectivity index (χ0v) is 16.9. The van der Waals surface area contributed by atoms with Gasteiger partial charge in [-0.15, -0.1) is 0 Å². The van der Waals surface area contributed by atoms with Gasteiger partial charge in [0, 0.05) is 19.1 Å². The first-order chi connectivity index (χ1) is 13.9. The first-order valence-corrected chi connectivity index (χ1v) is 11.3. The quantitative estimate of drug-likeness (QED) is 0.739. The number of hydrogen-bond acceptors (Lipinski definition) is 6. The Hall–Kier alpha value is -2.17. The zero-order chi connectivity index (χ0) is 20.4. The van der Waals surface area contributed by atoms with E-state index in [-0.39, 0.29) is 49.0 Å². The second-order valence-electron chi connectivity index (χ2n) is 7.46. The monoisotopic (exact) mass is 423 g/mol. The number of benzene rings is 1. The molecule has 158 valence electrons. The lowest BCUT2D eigenvalue weighted by atomic mass is 10.2. The van der Waals surface area contributed by atoms with Crippen LogP contribution in [0.15, 0.2) is 23.1 Å². The Morgan fingerprint density at radius 2 is 1.90 bits per heavy atom. The van der Waals surface area contributed by atoms with Crippen molar-refractivity contribution in [1.29, 1.82) is 0 Å². The Balaban J connectivity index is 1.57. The van der Waals surface area contributed by atoms with Crippen LogP contribution in [-0.2, 0) is 24.3 Å². The molecule has 0 unspecified atom stereocenters. The first kappa shape index (κ1) is 20.1. The molecule has 9 nitrogen and oxygen atoms in total. The van der Waals surface area contributed by atoms with Crippen LogP contribution < -0.4 is 15.0 Å². The molecule has 0 bridgehead atoms. The van der Waals surface area contributed by atoms with E-state index in [1.54, 1.807) is 0 Å². The summed E-state index contributed by atoms with van der Waals surface area (Å²) in [5.74, 6) is -0.237. The van der Waals surface area contributed by atoms with Crippen LogP contribution in [0.4, 0.5) is 5.69 Å². The Kier molecular flexibility index (Phi) is 5.75. The van der Waals surface area contributed by atoms with E-state index in [1.807, 2.05) is 0 Å². The van der Waals surface area contributed by atoms with Crippen molar-refractivity contribution in [3.63, 3.8) is 0 Å². The zero-order valence-electron chi connectivity index (χ0n) is 16.1. The van der Waals surface area contributed by atoms with Gasteiger partial charge in [-0.3, -0.25) is 14.5 Å². The van der Waals surface area contributed by atoms with E-state index in [0.717, 1.165) is 25.7 Å². The summed E-state index contributed by atoms with van der Waals surface area (Å²) in [5, 5.41) is 2.96. The molecule has 1 aromatic rings. The summed E-state index contributed by atoms with van der Waals surface area (Å²) >= 11 is 0. The molecule has 2 fully saturated rings. The lowest BCUT2D eigenvalue weighted by Crippen LogP contribution is -2.47. The minimum absolute atomic E-state index is 0.0673. The lowest BCUT2D eigenvalue weighted by Gasteiger charge is -2.30. The number of anilines is 1. The number of hydrogen-bond donors (Lipinski definition) is 1. The molecule has 2 aliphatic heterocycles. The van der Waals surface area contributed by atoms with Crippen LogP contribution in [0.25, 0.3) is 0 Å². The highest BCUT2D eigenvalue weighted by Crippen LogP contribution is 2.35. The van der Waals surface area contributed by atoms with Gasteiger partial charge in [0.1, 0.15) is 12.3 Å². The summed E-state index contributed by atoms with van der Waals surface area (Å²) in [4.78, 5) is 26.3. The summed E-state index contributed by atoms with van der Waals surface area (Å²) < 4.78 is 38.0. The Morgan fingerprint density at radius 3 is 2.62 bits per heavy atom. The average Bonchev–Trinajstić information content (AvgIpc) is 3.23. The van der Waals surface area contributed by atoms with Crippen molar-refractivity contribution in [3.8, 4) is 5.75 Å². The van der Waals surface area contributed by atoms with Gasteiger partial charge in [-0.2, -0.15) is 4.31 Å². The van der Waals surface area contributed by atoms with Gasteiger partial charge < -0.3 is 14.8 Å². The number of amides is 2. The van der Waals surface area contributed by atoms with E-state index in [2.05, 4.69) is 5.32 Å². The molecule has 29 heavy (non-hydrogen) atoms. The molecular weight excluding hydrogens is 398 g/mol. The molecule has 1 aromatic carbocycles.